The van der Waals surface area contributed by atoms with Crippen molar-refractivity contribution in [1.29, 1.82) is 0 Å². The molecule has 2 aliphatic carbocycles. The van der Waals surface area contributed by atoms with Gasteiger partial charge in [0.05, 0.1) is 5.69 Å². The van der Waals surface area contributed by atoms with Gasteiger partial charge in [0.2, 0.25) is 0 Å². The Hall–Kier alpha value is -3.29. The molecule has 8 heteroatoms. The molecule has 0 radical (unpaired) electrons. The maximum Gasteiger partial charge on any atom is 0.197 e. The van der Waals surface area contributed by atoms with Crippen LogP contribution in [0.4, 0.5) is 5.82 Å². The third kappa shape index (κ3) is 3.97. The summed E-state index contributed by atoms with van der Waals surface area (Å²) in [5.41, 5.74) is 3.03. The third-order valence-corrected chi connectivity index (χ3v) is 7.29. The van der Waals surface area contributed by atoms with Gasteiger partial charge in [-0.3, -0.25) is 0 Å². The molecule has 8 nitrogen and oxygen atoms in total. The van der Waals surface area contributed by atoms with Crippen LogP contribution in [0.3, 0.4) is 0 Å². The largest absolute Gasteiger partial charge is 0.507 e. The van der Waals surface area contributed by atoms with Crippen LogP contribution < -0.4 is 4.90 Å². The van der Waals surface area contributed by atoms with Crippen LogP contribution >= 0.6 is 0 Å². The standard InChI is InChI=1S/C24H29N7O/c1-23-10-11-24(2,15-23)14-17(13-23)31(3)22-9-7-19(25-28-22)18-6-4-16(12-20(18)32)5-8-21-26-29-30-27-21/h4-9,12,17,32H,10-11,13-15H2,1-3H3,(H,26,27,29,30)/b8-5+/t17?,23-,24+. The van der Waals surface area contributed by atoms with Crippen molar-refractivity contribution in [3.8, 4) is 17.0 Å². The van der Waals surface area contributed by atoms with E-state index in [0.717, 1.165) is 11.4 Å². The molecule has 2 N–H and O–H groups in total. The first-order chi connectivity index (χ1) is 15.3. The van der Waals surface area contributed by atoms with Gasteiger partial charge in [0.1, 0.15) is 5.75 Å². The van der Waals surface area contributed by atoms with E-state index in [1.54, 1.807) is 12.1 Å². The topological polar surface area (TPSA) is 104 Å². The van der Waals surface area contributed by atoms with Gasteiger partial charge in [-0.1, -0.05) is 26.0 Å². The van der Waals surface area contributed by atoms with Gasteiger partial charge >= 0.3 is 0 Å². The van der Waals surface area contributed by atoms with Crippen molar-refractivity contribution < 1.29 is 5.11 Å². The minimum absolute atomic E-state index is 0.153. The molecule has 2 aliphatic rings. The molecule has 32 heavy (non-hydrogen) atoms. The predicted octanol–water partition coefficient (Wildman–Crippen LogP) is 4.33. The Balaban J connectivity index is 1.31. The molecule has 166 valence electrons. The van der Waals surface area contributed by atoms with Crippen molar-refractivity contribution in [2.45, 2.75) is 52.0 Å². The van der Waals surface area contributed by atoms with E-state index >= 15 is 0 Å². The van der Waals surface area contributed by atoms with E-state index in [4.69, 9.17) is 0 Å². The van der Waals surface area contributed by atoms with E-state index in [2.05, 4.69) is 56.6 Å². The molecule has 3 aromatic rings. The van der Waals surface area contributed by atoms with E-state index in [-0.39, 0.29) is 5.75 Å². The summed E-state index contributed by atoms with van der Waals surface area (Å²) in [7, 11) is 2.13. The molecule has 2 bridgehead atoms. The number of H-pyrrole nitrogens is 1. The lowest BCUT2D eigenvalue weighted by Crippen LogP contribution is -2.42. The molecular formula is C24H29N7O. The number of rotatable bonds is 5. The van der Waals surface area contributed by atoms with Crippen LogP contribution in [0.1, 0.15) is 57.3 Å². The molecular weight excluding hydrogens is 402 g/mol. The first kappa shape index (κ1) is 20.6. The zero-order valence-corrected chi connectivity index (χ0v) is 18.8. The molecule has 0 saturated heterocycles. The number of nitrogens with one attached hydrogen (secondary N) is 1. The van der Waals surface area contributed by atoms with Gasteiger partial charge in [-0.15, -0.1) is 20.4 Å². The van der Waals surface area contributed by atoms with E-state index in [1.807, 2.05) is 30.3 Å². The van der Waals surface area contributed by atoms with Crippen LogP contribution in [0.15, 0.2) is 30.3 Å². The maximum atomic E-state index is 10.5. The average molecular weight is 432 g/mol. The molecule has 5 rings (SSSR count). The molecule has 0 aliphatic heterocycles. The predicted molar refractivity (Wildman–Crippen MR) is 124 cm³/mol. The van der Waals surface area contributed by atoms with E-state index in [9.17, 15) is 5.11 Å². The Labute approximate surface area is 187 Å². The fourth-order valence-electron chi connectivity index (χ4n) is 5.77. The number of anilines is 1. The van der Waals surface area contributed by atoms with Crippen molar-refractivity contribution >= 4 is 18.0 Å². The Morgan fingerprint density at radius 2 is 1.81 bits per heavy atom. The highest BCUT2D eigenvalue weighted by atomic mass is 16.3. The second-order valence-electron chi connectivity index (χ2n) is 10.1. The average Bonchev–Trinajstić information content (AvgIpc) is 3.37. The minimum atomic E-state index is 0.153. The van der Waals surface area contributed by atoms with Crippen LogP contribution in [0.2, 0.25) is 0 Å². The second-order valence-corrected chi connectivity index (χ2v) is 10.1. The van der Waals surface area contributed by atoms with Crippen molar-refractivity contribution in [2.75, 3.05) is 11.9 Å². The van der Waals surface area contributed by atoms with Gasteiger partial charge in [0.25, 0.3) is 0 Å². The molecule has 3 atom stereocenters. The number of tetrazole rings is 1. The number of hydrogen-bond acceptors (Lipinski definition) is 7. The van der Waals surface area contributed by atoms with Crippen LogP contribution in [-0.2, 0) is 0 Å². The van der Waals surface area contributed by atoms with Crippen molar-refractivity contribution in [3.05, 3.63) is 41.7 Å². The maximum absolute atomic E-state index is 10.5. The van der Waals surface area contributed by atoms with E-state index in [0.29, 0.717) is 34.0 Å². The Kier molecular flexibility index (Phi) is 4.95. The summed E-state index contributed by atoms with van der Waals surface area (Å²) in [6, 6.07) is 9.87. The lowest BCUT2D eigenvalue weighted by Gasteiger charge is -2.44. The molecule has 2 saturated carbocycles. The second kappa shape index (κ2) is 7.69. The number of hydrogen-bond donors (Lipinski definition) is 2. The SMILES string of the molecule is CN(c1ccc(-c2ccc(/C=C/c3nn[nH]n3)cc2O)nn1)C1C[C@]2(C)CC[C@](C)(C1)C2. The molecule has 2 aromatic heterocycles. The Bertz CT molecular complexity index is 1110. The number of phenols is 1. The smallest absolute Gasteiger partial charge is 0.197 e. The van der Waals surface area contributed by atoms with E-state index in [1.165, 1.54) is 32.1 Å². The van der Waals surface area contributed by atoms with Crippen LogP contribution in [0.25, 0.3) is 23.4 Å². The summed E-state index contributed by atoms with van der Waals surface area (Å²) in [5, 5.41) is 33.1. The van der Waals surface area contributed by atoms with Gasteiger partial charge in [0, 0.05) is 18.7 Å². The summed E-state index contributed by atoms with van der Waals surface area (Å²) in [6.07, 6.45) is 9.96. The van der Waals surface area contributed by atoms with Crippen LogP contribution in [0, 0.1) is 10.8 Å². The quantitative estimate of drug-likeness (QED) is 0.620. The van der Waals surface area contributed by atoms with Gasteiger partial charge < -0.3 is 10.0 Å². The van der Waals surface area contributed by atoms with Gasteiger partial charge in [-0.25, -0.2) is 0 Å². The lowest BCUT2D eigenvalue weighted by atomic mass is 9.68. The molecule has 2 heterocycles. The van der Waals surface area contributed by atoms with Gasteiger partial charge in [-0.2, -0.15) is 5.21 Å². The van der Waals surface area contributed by atoms with Gasteiger partial charge in [-0.05, 0) is 84.1 Å². The zero-order chi connectivity index (χ0) is 22.3. The summed E-state index contributed by atoms with van der Waals surface area (Å²) < 4.78 is 0. The highest BCUT2D eigenvalue weighted by Gasteiger charge is 2.49. The minimum Gasteiger partial charge on any atom is -0.507 e. The highest BCUT2D eigenvalue weighted by molar-refractivity contribution is 5.73. The molecule has 1 unspecified atom stereocenters. The first-order valence-corrected chi connectivity index (χ1v) is 11.1. The molecule has 0 amide bonds. The van der Waals surface area contributed by atoms with E-state index < -0.39 is 0 Å². The molecule has 1 aromatic carbocycles. The van der Waals surface area contributed by atoms with Crippen molar-refractivity contribution in [1.82, 2.24) is 30.8 Å². The number of fused-ring (bicyclic) bond motifs is 2. The first-order valence-electron chi connectivity index (χ1n) is 11.1. The fourth-order valence-corrected chi connectivity index (χ4v) is 5.77. The van der Waals surface area contributed by atoms with Crippen molar-refractivity contribution in [2.24, 2.45) is 10.8 Å². The van der Waals surface area contributed by atoms with Crippen LogP contribution in [0.5, 0.6) is 5.75 Å². The third-order valence-electron chi connectivity index (χ3n) is 7.29. The van der Waals surface area contributed by atoms with Crippen LogP contribution in [-0.4, -0.2) is 49.0 Å². The normalized spacial score (nSPS) is 27.2. The summed E-state index contributed by atoms with van der Waals surface area (Å²) in [5.74, 6) is 1.51. The number of aromatic hydroxyl groups is 1. The van der Waals surface area contributed by atoms with Crippen molar-refractivity contribution in [3.63, 3.8) is 0 Å². The molecule has 0 spiro atoms. The number of phenolic OH excluding ortho intramolecular Hbond substituents is 1. The monoisotopic (exact) mass is 431 g/mol. The van der Waals surface area contributed by atoms with Gasteiger partial charge in [0.15, 0.2) is 11.6 Å². The highest BCUT2D eigenvalue weighted by Crippen LogP contribution is 2.58. The fraction of sp³-hybridized carbons (Fsp3) is 0.458. The lowest BCUT2D eigenvalue weighted by molar-refractivity contribution is 0.148. The number of aromatic amines is 1. The summed E-state index contributed by atoms with van der Waals surface area (Å²) >= 11 is 0. The summed E-state index contributed by atoms with van der Waals surface area (Å²) in [4.78, 5) is 2.30. The molecule has 2 fully saturated rings. The number of aromatic nitrogens is 6. The summed E-state index contributed by atoms with van der Waals surface area (Å²) in [6.45, 7) is 4.88. The zero-order valence-electron chi connectivity index (χ0n) is 18.8. The Morgan fingerprint density at radius 3 is 2.44 bits per heavy atom. The number of benzene rings is 1. The number of nitrogens with zero attached hydrogens (tertiary/aromatic N) is 6. The Morgan fingerprint density at radius 1 is 1.03 bits per heavy atom.